The molecule has 1 aromatic rings. The fourth-order valence-corrected chi connectivity index (χ4v) is 3.48. The summed E-state index contributed by atoms with van der Waals surface area (Å²) in [6, 6.07) is 1.67. The molecule has 0 radical (unpaired) electrons. The molecule has 3 heterocycles. The summed E-state index contributed by atoms with van der Waals surface area (Å²) in [6.07, 6.45) is 4.52. The Morgan fingerprint density at radius 1 is 1.42 bits per heavy atom. The minimum atomic E-state index is -0.421. The predicted octanol–water partition coefficient (Wildman–Crippen LogP) is 0.125. The van der Waals surface area contributed by atoms with Crippen LogP contribution in [-0.2, 0) is 9.59 Å². The molecule has 0 spiro atoms. The third kappa shape index (κ3) is 4.38. The van der Waals surface area contributed by atoms with Gasteiger partial charge in [-0.15, -0.1) is 0 Å². The lowest BCUT2D eigenvalue weighted by Gasteiger charge is -2.31. The number of aliphatic hydroxyl groups excluding tert-OH is 1. The Morgan fingerprint density at radius 3 is 2.85 bits per heavy atom. The van der Waals surface area contributed by atoms with Gasteiger partial charge in [0, 0.05) is 31.7 Å². The Morgan fingerprint density at radius 2 is 2.19 bits per heavy atom. The van der Waals surface area contributed by atoms with Gasteiger partial charge in [0.15, 0.2) is 0 Å². The third-order valence-electron chi connectivity index (χ3n) is 4.15. The minimum Gasteiger partial charge on any atom is -0.395 e. The highest BCUT2D eigenvalue weighted by molar-refractivity contribution is 8.18. The predicted molar refractivity (Wildman–Crippen MR) is 96.2 cm³/mol. The first-order valence-electron chi connectivity index (χ1n) is 8.28. The maximum absolute atomic E-state index is 12.0. The second-order valence-corrected chi connectivity index (χ2v) is 6.92. The molecule has 0 saturated carbocycles. The normalized spacial score (nSPS) is 19.7. The number of thioether (sulfide) groups is 1. The summed E-state index contributed by atoms with van der Waals surface area (Å²) >= 11 is 0.845. The van der Waals surface area contributed by atoms with Crippen LogP contribution in [0.5, 0.6) is 0 Å². The standard InChI is InChI=1S/C16H19N5O4S/c22-8-5-17-13(23)10-2-6-21(7-3-10)15-18-4-1-11(19-15)9-12-14(24)20-16(25)26-12/h1,4,9-10,22H,2-3,5-8H2,(H,17,23)(H,20,24,25)/b12-9-. The van der Waals surface area contributed by atoms with Crippen LogP contribution in [0.1, 0.15) is 18.5 Å². The molecule has 0 aliphatic carbocycles. The molecule has 138 valence electrons. The second-order valence-electron chi connectivity index (χ2n) is 5.91. The van der Waals surface area contributed by atoms with Crippen molar-refractivity contribution in [3.05, 3.63) is 22.9 Å². The average Bonchev–Trinajstić information content (AvgIpc) is 2.97. The molecule has 0 aromatic carbocycles. The number of carbonyl (C=O) groups is 3. The molecule has 2 saturated heterocycles. The number of carbonyl (C=O) groups excluding carboxylic acids is 3. The number of aliphatic hydroxyl groups is 1. The van der Waals surface area contributed by atoms with E-state index in [1.807, 2.05) is 4.90 Å². The molecule has 0 bridgehead atoms. The SMILES string of the molecule is O=C1NC(=O)/C(=C/c2ccnc(N3CCC(C(=O)NCCO)CC3)n2)S1. The summed E-state index contributed by atoms with van der Waals surface area (Å²) in [5.74, 6) is -0.00194. The number of rotatable bonds is 5. The average molecular weight is 377 g/mol. The van der Waals surface area contributed by atoms with Crippen molar-refractivity contribution in [2.45, 2.75) is 12.8 Å². The topological polar surface area (TPSA) is 125 Å². The van der Waals surface area contributed by atoms with Gasteiger partial charge in [0.1, 0.15) is 0 Å². The second kappa shape index (κ2) is 8.28. The van der Waals surface area contributed by atoms with Crippen molar-refractivity contribution in [1.29, 1.82) is 0 Å². The highest BCUT2D eigenvalue weighted by atomic mass is 32.2. The Bertz CT molecular complexity index is 746. The van der Waals surface area contributed by atoms with Crippen LogP contribution in [0, 0.1) is 5.92 Å². The van der Waals surface area contributed by atoms with Crippen LogP contribution in [0.25, 0.3) is 6.08 Å². The molecule has 3 amide bonds. The van der Waals surface area contributed by atoms with Gasteiger partial charge in [0.2, 0.25) is 11.9 Å². The molecule has 26 heavy (non-hydrogen) atoms. The van der Waals surface area contributed by atoms with Gasteiger partial charge in [-0.3, -0.25) is 19.7 Å². The fourth-order valence-electron chi connectivity index (χ4n) is 2.82. The lowest BCUT2D eigenvalue weighted by atomic mass is 9.96. The molecular weight excluding hydrogens is 358 g/mol. The molecular formula is C16H19N5O4S. The van der Waals surface area contributed by atoms with Crippen molar-refractivity contribution >= 4 is 40.8 Å². The molecule has 0 atom stereocenters. The first-order valence-corrected chi connectivity index (χ1v) is 9.10. The van der Waals surface area contributed by atoms with Crippen molar-refractivity contribution in [2.75, 3.05) is 31.1 Å². The van der Waals surface area contributed by atoms with Gasteiger partial charge >= 0.3 is 0 Å². The molecule has 0 unspecified atom stereocenters. The van der Waals surface area contributed by atoms with Gasteiger partial charge in [0.25, 0.3) is 11.1 Å². The van der Waals surface area contributed by atoms with Crippen molar-refractivity contribution in [1.82, 2.24) is 20.6 Å². The lowest BCUT2D eigenvalue weighted by molar-refractivity contribution is -0.125. The number of anilines is 1. The zero-order valence-corrected chi connectivity index (χ0v) is 14.8. The minimum absolute atomic E-state index is 0.0351. The van der Waals surface area contributed by atoms with E-state index >= 15 is 0 Å². The van der Waals surface area contributed by atoms with E-state index in [2.05, 4.69) is 20.6 Å². The van der Waals surface area contributed by atoms with E-state index in [0.29, 0.717) is 42.5 Å². The van der Waals surface area contributed by atoms with Crippen LogP contribution < -0.4 is 15.5 Å². The first-order chi connectivity index (χ1) is 12.6. The van der Waals surface area contributed by atoms with Crippen molar-refractivity contribution in [3.8, 4) is 0 Å². The number of hydrogen-bond acceptors (Lipinski definition) is 8. The Labute approximate surface area is 154 Å². The highest BCUT2D eigenvalue weighted by Crippen LogP contribution is 2.26. The number of imide groups is 1. The van der Waals surface area contributed by atoms with Gasteiger partial charge in [-0.1, -0.05) is 0 Å². The molecule has 3 rings (SSSR count). The fraction of sp³-hybridized carbons (Fsp3) is 0.438. The van der Waals surface area contributed by atoms with Crippen LogP contribution in [0.15, 0.2) is 17.2 Å². The zero-order chi connectivity index (χ0) is 18.5. The van der Waals surface area contributed by atoms with E-state index in [4.69, 9.17) is 5.11 Å². The van der Waals surface area contributed by atoms with E-state index in [1.54, 1.807) is 18.3 Å². The third-order valence-corrected chi connectivity index (χ3v) is 4.96. The van der Waals surface area contributed by atoms with E-state index < -0.39 is 11.1 Å². The highest BCUT2D eigenvalue weighted by Gasteiger charge is 2.27. The summed E-state index contributed by atoms with van der Waals surface area (Å²) in [5, 5.41) is 13.3. The summed E-state index contributed by atoms with van der Waals surface area (Å²) in [6.45, 7) is 1.49. The Balaban J connectivity index is 1.63. The van der Waals surface area contributed by atoms with Gasteiger partial charge in [-0.05, 0) is 36.7 Å². The van der Waals surface area contributed by atoms with Gasteiger partial charge in [0.05, 0.1) is 17.2 Å². The number of nitrogens with one attached hydrogen (secondary N) is 2. The van der Waals surface area contributed by atoms with E-state index in [1.165, 1.54) is 0 Å². The van der Waals surface area contributed by atoms with Gasteiger partial charge in [-0.25, -0.2) is 9.97 Å². The number of nitrogens with zero attached hydrogens (tertiary/aromatic N) is 3. The number of amides is 3. The van der Waals surface area contributed by atoms with Crippen LogP contribution >= 0.6 is 11.8 Å². The number of hydrogen-bond donors (Lipinski definition) is 3. The number of aromatic nitrogens is 2. The summed E-state index contributed by atoms with van der Waals surface area (Å²) in [7, 11) is 0. The van der Waals surface area contributed by atoms with Crippen LogP contribution in [0.3, 0.4) is 0 Å². The lowest BCUT2D eigenvalue weighted by Crippen LogP contribution is -2.41. The summed E-state index contributed by atoms with van der Waals surface area (Å²) in [5.41, 5.74) is 0.546. The van der Waals surface area contributed by atoms with E-state index in [0.717, 1.165) is 11.8 Å². The quantitative estimate of drug-likeness (QED) is 0.618. The smallest absolute Gasteiger partial charge is 0.290 e. The van der Waals surface area contributed by atoms with Crippen molar-refractivity contribution in [2.24, 2.45) is 5.92 Å². The molecule has 2 aliphatic rings. The summed E-state index contributed by atoms with van der Waals surface area (Å²) in [4.78, 5) is 45.8. The van der Waals surface area contributed by atoms with Crippen LogP contribution in [0.4, 0.5) is 10.7 Å². The van der Waals surface area contributed by atoms with Crippen LogP contribution in [0.2, 0.25) is 0 Å². The van der Waals surface area contributed by atoms with Crippen LogP contribution in [-0.4, -0.2) is 58.4 Å². The molecule has 10 heteroatoms. The Kier molecular flexibility index (Phi) is 5.84. The van der Waals surface area contributed by atoms with E-state index in [-0.39, 0.29) is 25.0 Å². The molecule has 2 aliphatic heterocycles. The van der Waals surface area contributed by atoms with Gasteiger partial charge in [-0.2, -0.15) is 0 Å². The molecule has 3 N–H and O–H groups in total. The largest absolute Gasteiger partial charge is 0.395 e. The monoisotopic (exact) mass is 377 g/mol. The van der Waals surface area contributed by atoms with E-state index in [9.17, 15) is 14.4 Å². The van der Waals surface area contributed by atoms with Crippen molar-refractivity contribution in [3.63, 3.8) is 0 Å². The first kappa shape index (κ1) is 18.3. The number of piperidine rings is 1. The Hall–Kier alpha value is -2.46. The maximum atomic E-state index is 12.0. The maximum Gasteiger partial charge on any atom is 0.290 e. The van der Waals surface area contributed by atoms with Crippen molar-refractivity contribution < 1.29 is 19.5 Å². The molecule has 2 fully saturated rings. The zero-order valence-electron chi connectivity index (χ0n) is 14.0. The molecule has 9 nitrogen and oxygen atoms in total. The summed E-state index contributed by atoms with van der Waals surface area (Å²) < 4.78 is 0. The molecule has 1 aromatic heterocycles. The van der Waals surface area contributed by atoms with Gasteiger partial charge < -0.3 is 15.3 Å².